The fourth-order valence-electron chi connectivity index (χ4n) is 5.93. The van der Waals surface area contributed by atoms with E-state index in [1.165, 1.54) is 19.3 Å². The van der Waals surface area contributed by atoms with Crippen LogP contribution in [-0.2, 0) is 11.3 Å². The first-order valence-electron chi connectivity index (χ1n) is 13.5. The van der Waals surface area contributed by atoms with Crippen molar-refractivity contribution in [2.45, 2.75) is 70.9 Å². The van der Waals surface area contributed by atoms with Gasteiger partial charge in [-0.15, -0.1) is 0 Å². The SMILES string of the molecule is COc1ccc(-c2nc(-c3ccncc3)nn2CCN(C(=O)C2CCCCC2C)C2CCCC2)cc1Cl. The maximum absolute atomic E-state index is 13.9. The molecule has 196 valence electrons. The summed E-state index contributed by atoms with van der Waals surface area (Å²) in [6.07, 6.45) is 12.6. The Morgan fingerprint density at radius 1 is 1.05 bits per heavy atom. The average Bonchev–Trinajstić information content (AvgIpc) is 3.60. The van der Waals surface area contributed by atoms with Gasteiger partial charge in [-0.05, 0) is 61.9 Å². The maximum Gasteiger partial charge on any atom is 0.226 e. The van der Waals surface area contributed by atoms with Crippen LogP contribution in [-0.4, -0.2) is 50.3 Å². The van der Waals surface area contributed by atoms with Crippen LogP contribution in [0.2, 0.25) is 5.02 Å². The van der Waals surface area contributed by atoms with Crippen LogP contribution >= 0.6 is 11.6 Å². The van der Waals surface area contributed by atoms with Crippen molar-refractivity contribution in [1.29, 1.82) is 0 Å². The molecule has 2 aliphatic rings. The topological polar surface area (TPSA) is 73.1 Å². The van der Waals surface area contributed by atoms with Gasteiger partial charge in [0.2, 0.25) is 5.91 Å². The van der Waals surface area contributed by atoms with E-state index in [0.29, 0.717) is 47.6 Å². The highest BCUT2D eigenvalue weighted by atomic mass is 35.5. The molecule has 0 bridgehead atoms. The van der Waals surface area contributed by atoms with Gasteiger partial charge in [0.05, 0.1) is 18.7 Å². The van der Waals surface area contributed by atoms with Gasteiger partial charge >= 0.3 is 0 Å². The zero-order valence-electron chi connectivity index (χ0n) is 21.8. The molecule has 1 aromatic carbocycles. The van der Waals surface area contributed by atoms with Crippen LogP contribution < -0.4 is 4.74 Å². The highest BCUT2D eigenvalue weighted by molar-refractivity contribution is 6.32. The predicted octanol–water partition coefficient (Wildman–Crippen LogP) is 6.27. The number of benzene rings is 1. The van der Waals surface area contributed by atoms with Gasteiger partial charge in [-0.3, -0.25) is 9.78 Å². The number of nitrogens with zero attached hydrogens (tertiary/aromatic N) is 5. The van der Waals surface area contributed by atoms with E-state index in [1.807, 2.05) is 35.0 Å². The first-order valence-corrected chi connectivity index (χ1v) is 13.9. The number of hydrogen-bond acceptors (Lipinski definition) is 5. The van der Waals surface area contributed by atoms with Crippen LogP contribution in [0.1, 0.15) is 58.3 Å². The Hall–Kier alpha value is -2.93. The highest BCUT2D eigenvalue weighted by Crippen LogP contribution is 2.34. The van der Waals surface area contributed by atoms with Gasteiger partial charge in [-0.1, -0.05) is 44.2 Å². The van der Waals surface area contributed by atoms with Crippen molar-refractivity contribution in [3.05, 3.63) is 47.7 Å². The van der Waals surface area contributed by atoms with Gasteiger partial charge in [0, 0.05) is 42.0 Å². The second kappa shape index (κ2) is 11.6. The Kier molecular flexibility index (Phi) is 8.08. The lowest BCUT2D eigenvalue weighted by Crippen LogP contribution is -2.46. The average molecular weight is 522 g/mol. The fourth-order valence-corrected chi connectivity index (χ4v) is 6.19. The molecule has 2 aromatic heterocycles. The van der Waals surface area contributed by atoms with E-state index in [2.05, 4.69) is 16.8 Å². The Labute approximate surface area is 224 Å². The number of rotatable bonds is 8. The first-order chi connectivity index (χ1) is 18.0. The third kappa shape index (κ3) is 5.66. The number of amides is 1. The van der Waals surface area contributed by atoms with Crippen molar-refractivity contribution in [2.75, 3.05) is 13.7 Å². The quantitative estimate of drug-likeness (QED) is 0.349. The number of ether oxygens (including phenoxy) is 1. The zero-order chi connectivity index (χ0) is 25.8. The van der Waals surface area contributed by atoms with Crippen molar-refractivity contribution in [3.63, 3.8) is 0 Å². The fraction of sp³-hybridized carbons (Fsp3) is 0.517. The summed E-state index contributed by atoms with van der Waals surface area (Å²) >= 11 is 6.47. The summed E-state index contributed by atoms with van der Waals surface area (Å²) in [5.74, 6) is 2.89. The summed E-state index contributed by atoms with van der Waals surface area (Å²) in [7, 11) is 1.60. The minimum absolute atomic E-state index is 0.136. The van der Waals surface area contributed by atoms with Crippen molar-refractivity contribution < 1.29 is 9.53 Å². The summed E-state index contributed by atoms with van der Waals surface area (Å²) in [4.78, 5) is 25.1. The molecule has 2 unspecified atom stereocenters. The molecule has 3 aromatic rings. The van der Waals surface area contributed by atoms with Gasteiger partial charge < -0.3 is 9.64 Å². The van der Waals surface area contributed by atoms with Crippen LogP contribution in [0.5, 0.6) is 5.75 Å². The molecule has 1 amide bonds. The largest absolute Gasteiger partial charge is 0.495 e. The molecule has 0 radical (unpaired) electrons. The minimum atomic E-state index is 0.136. The summed E-state index contributed by atoms with van der Waals surface area (Å²) in [6.45, 7) is 3.45. The zero-order valence-corrected chi connectivity index (χ0v) is 22.5. The molecule has 8 heteroatoms. The minimum Gasteiger partial charge on any atom is -0.495 e. The number of hydrogen-bond donors (Lipinski definition) is 0. The summed E-state index contributed by atoms with van der Waals surface area (Å²) in [6, 6.07) is 9.80. The van der Waals surface area contributed by atoms with Crippen LogP contribution in [0.4, 0.5) is 0 Å². The standard InChI is InChI=1S/C29H36ClN5O2/c1-20-7-3-6-10-24(20)29(36)34(23-8-4-5-9-23)17-18-35-28(22-11-12-26(37-2)25(30)19-22)32-27(33-35)21-13-15-31-16-14-21/h11-16,19-20,23-24H,3-10,17-18H2,1-2H3. The maximum atomic E-state index is 13.9. The normalized spacial score (nSPS) is 20.2. The number of carbonyl (C=O) groups is 1. The molecule has 2 heterocycles. The van der Waals surface area contributed by atoms with E-state index in [4.69, 9.17) is 26.4 Å². The van der Waals surface area contributed by atoms with Gasteiger partial charge in [0.1, 0.15) is 5.75 Å². The van der Waals surface area contributed by atoms with Crippen molar-refractivity contribution in [2.24, 2.45) is 11.8 Å². The third-order valence-corrected chi connectivity index (χ3v) is 8.35. The molecule has 0 N–H and O–H groups in total. The molecule has 0 aliphatic heterocycles. The lowest BCUT2D eigenvalue weighted by atomic mass is 9.79. The Balaban J connectivity index is 1.45. The number of pyridine rings is 1. The Morgan fingerprint density at radius 2 is 1.78 bits per heavy atom. The van der Waals surface area contributed by atoms with Gasteiger partial charge in [-0.25, -0.2) is 9.67 Å². The number of aromatic nitrogens is 4. The summed E-state index contributed by atoms with van der Waals surface area (Å²) in [5.41, 5.74) is 1.76. The molecule has 7 nitrogen and oxygen atoms in total. The number of halogens is 1. The lowest BCUT2D eigenvalue weighted by molar-refractivity contribution is -0.140. The summed E-state index contributed by atoms with van der Waals surface area (Å²) < 4.78 is 7.27. The monoisotopic (exact) mass is 521 g/mol. The van der Waals surface area contributed by atoms with Crippen molar-refractivity contribution in [3.8, 4) is 28.5 Å². The Bertz CT molecular complexity index is 1210. The van der Waals surface area contributed by atoms with E-state index in [0.717, 1.165) is 49.1 Å². The van der Waals surface area contributed by atoms with E-state index in [1.54, 1.807) is 19.5 Å². The second-order valence-electron chi connectivity index (χ2n) is 10.4. The molecule has 0 spiro atoms. The molecule has 0 saturated heterocycles. The number of carbonyl (C=O) groups excluding carboxylic acids is 1. The van der Waals surface area contributed by atoms with E-state index in [-0.39, 0.29) is 5.92 Å². The molecule has 2 atom stereocenters. The van der Waals surface area contributed by atoms with E-state index < -0.39 is 0 Å². The van der Waals surface area contributed by atoms with Gasteiger partial charge in [0.25, 0.3) is 0 Å². The highest BCUT2D eigenvalue weighted by Gasteiger charge is 2.35. The van der Waals surface area contributed by atoms with Gasteiger partial charge in [0.15, 0.2) is 11.6 Å². The molecular formula is C29H36ClN5O2. The lowest BCUT2D eigenvalue weighted by Gasteiger charge is -2.36. The number of methoxy groups -OCH3 is 1. The Morgan fingerprint density at radius 3 is 2.49 bits per heavy atom. The van der Waals surface area contributed by atoms with Crippen molar-refractivity contribution in [1.82, 2.24) is 24.6 Å². The van der Waals surface area contributed by atoms with Crippen LogP contribution in [0.25, 0.3) is 22.8 Å². The first kappa shape index (κ1) is 25.7. The van der Waals surface area contributed by atoms with Crippen LogP contribution in [0.3, 0.4) is 0 Å². The van der Waals surface area contributed by atoms with Gasteiger partial charge in [-0.2, -0.15) is 5.10 Å². The van der Waals surface area contributed by atoms with E-state index in [9.17, 15) is 4.79 Å². The van der Waals surface area contributed by atoms with Crippen molar-refractivity contribution >= 4 is 17.5 Å². The van der Waals surface area contributed by atoms with E-state index >= 15 is 0 Å². The molecule has 5 rings (SSSR count). The molecular weight excluding hydrogens is 486 g/mol. The summed E-state index contributed by atoms with van der Waals surface area (Å²) in [5, 5.41) is 5.40. The molecule has 2 aliphatic carbocycles. The molecule has 2 saturated carbocycles. The molecule has 37 heavy (non-hydrogen) atoms. The van der Waals surface area contributed by atoms with Crippen LogP contribution in [0.15, 0.2) is 42.7 Å². The predicted molar refractivity (Wildman–Crippen MR) is 145 cm³/mol. The van der Waals surface area contributed by atoms with Crippen LogP contribution in [0, 0.1) is 11.8 Å². The molecule has 2 fully saturated rings. The smallest absolute Gasteiger partial charge is 0.226 e. The second-order valence-corrected chi connectivity index (χ2v) is 10.8. The third-order valence-electron chi connectivity index (χ3n) is 8.05.